The Kier molecular flexibility index (Phi) is 4.68. The third-order valence-electron chi connectivity index (χ3n) is 4.00. The van der Waals surface area contributed by atoms with Crippen LogP contribution in [0, 0.1) is 11.3 Å². The summed E-state index contributed by atoms with van der Waals surface area (Å²) in [6, 6.07) is 0. The standard InChI is InChI=1S/C14H26N2O3/c1-14(2,3)12(11-5-7-15-8-6-11)18-19-13(17)16-9-4-10-16/h11-12,15H,4-10H2,1-3H3. The van der Waals surface area contributed by atoms with Gasteiger partial charge >= 0.3 is 6.09 Å². The highest BCUT2D eigenvalue weighted by Crippen LogP contribution is 2.33. The summed E-state index contributed by atoms with van der Waals surface area (Å²) in [5, 5.41) is 3.35. The molecule has 2 aliphatic rings. The summed E-state index contributed by atoms with van der Waals surface area (Å²) in [4.78, 5) is 24.0. The predicted molar refractivity (Wildman–Crippen MR) is 72.6 cm³/mol. The number of piperidine rings is 1. The van der Waals surface area contributed by atoms with Gasteiger partial charge in [-0.15, -0.1) is 0 Å². The molecule has 2 aliphatic heterocycles. The van der Waals surface area contributed by atoms with Crippen LogP contribution in [0.1, 0.15) is 40.0 Å². The molecule has 0 aromatic carbocycles. The van der Waals surface area contributed by atoms with Crippen LogP contribution in [-0.4, -0.2) is 43.3 Å². The summed E-state index contributed by atoms with van der Waals surface area (Å²) in [6.45, 7) is 10.0. The van der Waals surface area contributed by atoms with E-state index < -0.39 is 0 Å². The Labute approximate surface area is 115 Å². The fraction of sp³-hybridized carbons (Fsp3) is 0.929. The topological polar surface area (TPSA) is 50.8 Å². The van der Waals surface area contributed by atoms with Crippen molar-refractivity contribution in [1.82, 2.24) is 10.2 Å². The minimum atomic E-state index is -0.338. The summed E-state index contributed by atoms with van der Waals surface area (Å²) in [5.41, 5.74) is -0.0305. The second-order valence-corrected chi connectivity index (χ2v) is 6.66. The van der Waals surface area contributed by atoms with Crippen LogP contribution in [0.2, 0.25) is 0 Å². The van der Waals surface area contributed by atoms with Crippen LogP contribution in [0.15, 0.2) is 0 Å². The van der Waals surface area contributed by atoms with E-state index in [1.165, 1.54) is 0 Å². The molecular formula is C14H26N2O3. The molecule has 110 valence electrons. The van der Waals surface area contributed by atoms with Crippen molar-refractivity contribution in [3.63, 3.8) is 0 Å². The second-order valence-electron chi connectivity index (χ2n) is 6.66. The SMILES string of the molecule is CC(C)(C)C(OOC(=O)N1CCC1)C1CCNCC1. The molecule has 1 amide bonds. The van der Waals surface area contributed by atoms with Gasteiger partial charge in [-0.2, -0.15) is 4.89 Å². The van der Waals surface area contributed by atoms with E-state index in [-0.39, 0.29) is 17.6 Å². The van der Waals surface area contributed by atoms with Gasteiger partial charge in [-0.25, -0.2) is 4.79 Å². The lowest BCUT2D eigenvalue weighted by molar-refractivity contribution is -0.312. The Hall–Kier alpha value is -0.810. The lowest BCUT2D eigenvalue weighted by Gasteiger charge is -2.38. The van der Waals surface area contributed by atoms with Crippen LogP contribution in [0.25, 0.3) is 0 Å². The molecule has 0 radical (unpaired) electrons. The first-order valence-electron chi connectivity index (χ1n) is 7.31. The van der Waals surface area contributed by atoms with Gasteiger partial charge in [0.25, 0.3) is 0 Å². The third kappa shape index (κ3) is 3.83. The Bertz CT molecular complexity index is 304. The van der Waals surface area contributed by atoms with E-state index in [1.807, 2.05) is 0 Å². The molecule has 0 aromatic rings. The van der Waals surface area contributed by atoms with E-state index in [1.54, 1.807) is 4.90 Å². The molecule has 2 saturated heterocycles. The van der Waals surface area contributed by atoms with Crippen LogP contribution in [0.3, 0.4) is 0 Å². The Morgan fingerprint density at radius 1 is 1.26 bits per heavy atom. The Morgan fingerprint density at radius 2 is 1.89 bits per heavy atom. The molecule has 0 bridgehead atoms. The van der Waals surface area contributed by atoms with Crippen LogP contribution in [0.4, 0.5) is 4.79 Å². The maximum Gasteiger partial charge on any atom is 0.441 e. The summed E-state index contributed by atoms with van der Waals surface area (Å²) in [6.07, 6.45) is 2.83. The molecule has 1 atom stereocenters. The molecule has 1 unspecified atom stereocenters. The minimum Gasteiger partial charge on any atom is -0.317 e. The summed E-state index contributed by atoms with van der Waals surface area (Å²) >= 11 is 0. The zero-order chi connectivity index (χ0) is 13.9. The van der Waals surface area contributed by atoms with Crippen molar-refractivity contribution in [2.45, 2.75) is 46.1 Å². The van der Waals surface area contributed by atoms with Crippen LogP contribution < -0.4 is 5.32 Å². The van der Waals surface area contributed by atoms with Crippen molar-refractivity contribution in [2.24, 2.45) is 11.3 Å². The molecule has 2 rings (SSSR count). The average Bonchev–Trinajstić information content (AvgIpc) is 2.26. The summed E-state index contributed by atoms with van der Waals surface area (Å²) in [5.74, 6) is 0.449. The van der Waals surface area contributed by atoms with Gasteiger partial charge in [0.15, 0.2) is 0 Å². The van der Waals surface area contributed by atoms with E-state index in [0.717, 1.165) is 45.4 Å². The number of hydrogen-bond donors (Lipinski definition) is 1. The van der Waals surface area contributed by atoms with Crippen LogP contribution in [-0.2, 0) is 9.78 Å². The van der Waals surface area contributed by atoms with E-state index in [9.17, 15) is 4.79 Å². The molecule has 19 heavy (non-hydrogen) atoms. The number of hydrogen-bond acceptors (Lipinski definition) is 4. The highest BCUT2D eigenvalue weighted by Gasteiger charge is 2.36. The summed E-state index contributed by atoms with van der Waals surface area (Å²) in [7, 11) is 0. The maximum absolute atomic E-state index is 11.7. The van der Waals surface area contributed by atoms with Gasteiger partial charge in [0.05, 0.1) is 0 Å². The normalized spacial score (nSPS) is 22.8. The number of nitrogens with zero attached hydrogens (tertiary/aromatic N) is 1. The lowest BCUT2D eigenvalue weighted by atomic mass is 9.77. The molecule has 0 aromatic heterocycles. The predicted octanol–water partition coefficient (Wildman–Crippen LogP) is 2.17. The van der Waals surface area contributed by atoms with Gasteiger partial charge in [0.1, 0.15) is 6.10 Å². The van der Waals surface area contributed by atoms with Crippen LogP contribution >= 0.6 is 0 Å². The van der Waals surface area contributed by atoms with E-state index in [0.29, 0.717) is 5.92 Å². The van der Waals surface area contributed by atoms with Gasteiger partial charge in [-0.3, -0.25) is 4.89 Å². The zero-order valence-electron chi connectivity index (χ0n) is 12.3. The number of rotatable bonds is 3. The Morgan fingerprint density at radius 3 is 2.37 bits per heavy atom. The minimum absolute atomic E-state index is 0.0305. The largest absolute Gasteiger partial charge is 0.441 e. The average molecular weight is 270 g/mol. The van der Waals surface area contributed by atoms with E-state index >= 15 is 0 Å². The summed E-state index contributed by atoms with van der Waals surface area (Å²) < 4.78 is 0. The second kappa shape index (κ2) is 6.09. The molecule has 2 heterocycles. The first-order chi connectivity index (χ1) is 8.98. The van der Waals surface area contributed by atoms with E-state index in [4.69, 9.17) is 9.78 Å². The maximum atomic E-state index is 11.7. The molecule has 2 fully saturated rings. The van der Waals surface area contributed by atoms with Crippen LogP contribution in [0.5, 0.6) is 0 Å². The number of likely N-dealkylation sites (tertiary alicyclic amines) is 1. The fourth-order valence-electron chi connectivity index (χ4n) is 2.72. The first kappa shape index (κ1) is 14.6. The molecular weight excluding hydrogens is 244 g/mol. The number of carbonyl (C=O) groups excluding carboxylic acids is 1. The van der Waals surface area contributed by atoms with Crippen molar-refractivity contribution in [3.05, 3.63) is 0 Å². The number of amides is 1. The fourth-order valence-corrected chi connectivity index (χ4v) is 2.72. The molecule has 5 nitrogen and oxygen atoms in total. The van der Waals surface area contributed by atoms with Crippen molar-refractivity contribution in [3.8, 4) is 0 Å². The number of nitrogens with one attached hydrogen (secondary N) is 1. The van der Waals surface area contributed by atoms with Gasteiger partial charge in [-0.05, 0) is 43.7 Å². The highest BCUT2D eigenvalue weighted by molar-refractivity contribution is 5.67. The van der Waals surface area contributed by atoms with Gasteiger partial charge in [-0.1, -0.05) is 20.8 Å². The molecule has 0 spiro atoms. The first-order valence-corrected chi connectivity index (χ1v) is 7.31. The highest BCUT2D eigenvalue weighted by atomic mass is 17.2. The van der Waals surface area contributed by atoms with Gasteiger partial charge in [0, 0.05) is 13.1 Å². The molecule has 0 aliphatic carbocycles. The van der Waals surface area contributed by atoms with E-state index in [2.05, 4.69) is 26.1 Å². The monoisotopic (exact) mass is 270 g/mol. The number of carbonyl (C=O) groups is 1. The third-order valence-corrected chi connectivity index (χ3v) is 4.00. The van der Waals surface area contributed by atoms with Crippen molar-refractivity contribution >= 4 is 6.09 Å². The molecule has 5 heteroatoms. The van der Waals surface area contributed by atoms with Crippen molar-refractivity contribution in [2.75, 3.05) is 26.2 Å². The quantitative estimate of drug-likeness (QED) is 0.631. The lowest BCUT2D eigenvalue weighted by Crippen LogP contribution is -2.45. The molecule has 0 saturated carbocycles. The zero-order valence-corrected chi connectivity index (χ0v) is 12.3. The van der Waals surface area contributed by atoms with Crippen molar-refractivity contribution < 1.29 is 14.6 Å². The smallest absolute Gasteiger partial charge is 0.317 e. The van der Waals surface area contributed by atoms with Gasteiger partial charge in [0.2, 0.25) is 0 Å². The Balaban J connectivity index is 1.87. The van der Waals surface area contributed by atoms with Crippen molar-refractivity contribution in [1.29, 1.82) is 0 Å². The molecule has 1 N–H and O–H groups in total. The van der Waals surface area contributed by atoms with Gasteiger partial charge < -0.3 is 10.2 Å².